The van der Waals surface area contributed by atoms with Crippen molar-refractivity contribution in [2.45, 2.75) is 19.8 Å². The van der Waals surface area contributed by atoms with Crippen LogP contribution >= 0.6 is 0 Å². The van der Waals surface area contributed by atoms with Crippen LogP contribution in [-0.2, 0) is 0 Å². The Labute approximate surface area is 156 Å². The Kier molecular flexibility index (Phi) is 4.69. The monoisotopic (exact) mass is 364 g/mol. The lowest BCUT2D eigenvalue weighted by Crippen LogP contribution is -2.21. The van der Waals surface area contributed by atoms with Gasteiger partial charge in [-0.15, -0.1) is 0 Å². The van der Waals surface area contributed by atoms with Crippen molar-refractivity contribution in [3.8, 4) is 0 Å². The first-order valence-electron chi connectivity index (χ1n) is 8.87. The van der Waals surface area contributed by atoms with E-state index in [1.807, 2.05) is 37.3 Å². The van der Waals surface area contributed by atoms with Crippen LogP contribution in [0.15, 0.2) is 47.1 Å². The smallest absolute Gasteiger partial charge is 0.294 e. The van der Waals surface area contributed by atoms with Crippen LogP contribution in [0.25, 0.3) is 0 Å². The van der Waals surface area contributed by atoms with Crippen LogP contribution < -0.4 is 15.5 Å². The standard InChI is InChI=1S/C19H20N6O2/c1-13-12-17(24-19(21-13)25-10-2-3-11-25)22-14-4-6-15(7-5-14)23-18(26)16-8-9-20-27-16/h4-9,12H,2-3,10-11H2,1H3,(H,23,26)(H,21,22,24). The SMILES string of the molecule is Cc1cc(Nc2ccc(NC(=O)c3ccno3)cc2)nc(N2CCCC2)n1. The second-order valence-electron chi connectivity index (χ2n) is 6.42. The summed E-state index contributed by atoms with van der Waals surface area (Å²) in [5, 5.41) is 9.58. The maximum absolute atomic E-state index is 12.0. The zero-order chi connectivity index (χ0) is 18.6. The van der Waals surface area contributed by atoms with E-state index in [9.17, 15) is 4.79 Å². The molecule has 1 aliphatic heterocycles. The van der Waals surface area contributed by atoms with Gasteiger partial charge >= 0.3 is 0 Å². The van der Waals surface area contributed by atoms with Crippen molar-refractivity contribution in [1.82, 2.24) is 15.1 Å². The number of hydrogen-bond acceptors (Lipinski definition) is 7. The van der Waals surface area contributed by atoms with Crippen molar-refractivity contribution in [3.05, 3.63) is 54.0 Å². The molecule has 8 heteroatoms. The summed E-state index contributed by atoms with van der Waals surface area (Å²) >= 11 is 0. The second kappa shape index (κ2) is 7.45. The molecule has 0 spiro atoms. The summed E-state index contributed by atoms with van der Waals surface area (Å²) < 4.78 is 4.84. The Hall–Kier alpha value is -3.42. The number of nitrogens with zero attached hydrogens (tertiary/aromatic N) is 4. The van der Waals surface area contributed by atoms with Crippen molar-refractivity contribution in [2.24, 2.45) is 0 Å². The minimum atomic E-state index is -0.338. The Morgan fingerprint density at radius 3 is 2.52 bits per heavy atom. The van der Waals surface area contributed by atoms with Gasteiger partial charge in [0, 0.05) is 42.3 Å². The molecule has 2 aromatic heterocycles. The summed E-state index contributed by atoms with van der Waals surface area (Å²) in [6.07, 6.45) is 3.80. The molecule has 2 N–H and O–H groups in total. The van der Waals surface area contributed by atoms with E-state index in [1.54, 1.807) is 0 Å². The lowest BCUT2D eigenvalue weighted by Gasteiger charge is -2.17. The number of carbonyl (C=O) groups excluding carboxylic acids is 1. The third kappa shape index (κ3) is 4.05. The van der Waals surface area contributed by atoms with Crippen LogP contribution in [0.4, 0.5) is 23.1 Å². The van der Waals surface area contributed by atoms with Gasteiger partial charge in [0.2, 0.25) is 11.7 Å². The molecule has 3 heterocycles. The fourth-order valence-corrected chi connectivity index (χ4v) is 2.99. The molecule has 0 aliphatic carbocycles. The van der Waals surface area contributed by atoms with Gasteiger partial charge in [0.15, 0.2) is 0 Å². The molecule has 1 saturated heterocycles. The highest BCUT2D eigenvalue weighted by Crippen LogP contribution is 2.22. The predicted molar refractivity (Wildman–Crippen MR) is 102 cm³/mol. The van der Waals surface area contributed by atoms with Gasteiger partial charge in [-0.1, -0.05) is 5.16 Å². The first kappa shape index (κ1) is 17.0. The van der Waals surface area contributed by atoms with E-state index in [-0.39, 0.29) is 11.7 Å². The fraction of sp³-hybridized carbons (Fsp3) is 0.263. The summed E-state index contributed by atoms with van der Waals surface area (Å²) in [5.41, 5.74) is 2.46. The second-order valence-corrected chi connectivity index (χ2v) is 6.42. The maximum Gasteiger partial charge on any atom is 0.294 e. The number of nitrogens with one attached hydrogen (secondary N) is 2. The molecular formula is C19H20N6O2. The number of hydrogen-bond donors (Lipinski definition) is 2. The molecule has 1 fully saturated rings. The molecule has 138 valence electrons. The van der Waals surface area contributed by atoms with E-state index < -0.39 is 0 Å². The Balaban J connectivity index is 1.44. The van der Waals surface area contributed by atoms with Crippen LogP contribution in [0, 0.1) is 6.92 Å². The van der Waals surface area contributed by atoms with Crippen molar-refractivity contribution in [1.29, 1.82) is 0 Å². The predicted octanol–water partition coefficient (Wildman–Crippen LogP) is 3.37. The van der Waals surface area contributed by atoms with Crippen LogP contribution in [-0.4, -0.2) is 34.1 Å². The lowest BCUT2D eigenvalue weighted by molar-refractivity contribution is 0.0988. The van der Waals surface area contributed by atoms with E-state index in [0.29, 0.717) is 5.69 Å². The summed E-state index contributed by atoms with van der Waals surface area (Å²) in [5.74, 6) is 1.35. The van der Waals surface area contributed by atoms with E-state index in [0.717, 1.165) is 36.2 Å². The zero-order valence-electron chi connectivity index (χ0n) is 15.0. The first-order valence-corrected chi connectivity index (χ1v) is 8.87. The lowest BCUT2D eigenvalue weighted by atomic mass is 10.2. The van der Waals surface area contributed by atoms with E-state index in [4.69, 9.17) is 4.52 Å². The van der Waals surface area contributed by atoms with Crippen LogP contribution in [0.5, 0.6) is 0 Å². The number of aryl methyl sites for hydroxylation is 1. The van der Waals surface area contributed by atoms with Gasteiger partial charge in [-0.25, -0.2) is 4.98 Å². The van der Waals surface area contributed by atoms with Gasteiger partial charge in [-0.05, 0) is 44.0 Å². The third-order valence-corrected chi connectivity index (χ3v) is 4.31. The molecular weight excluding hydrogens is 344 g/mol. The first-order chi connectivity index (χ1) is 13.2. The third-order valence-electron chi connectivity index (χ3n) is 4.31. The van der Waals surface area contributed by atoms with Gasteiger partial charge in [0.05, 0.1) is 6.20 Å². The van der Waals surface area contributed by atoms with Gasteiger partial charge in [-0.3, -0.25) is 4.79 Å². The summed E-state index contributed by atoms with van der Waals surface area (Å²) in [4.78, 5) is 23.4. The molecule has 4 rings (SSSR count). The molecule has 1 aliphatic rings. The van der Waals surface area contributed by atoms with Gasteiger partial charge < -0.3 is 20.1 Å². The maximum atomic E-state index is 12.0. The highest BCUT2D eigenvalue weighted by atomic mass is 16.5. The van der Waals surface area contributed by atoms with Crippen molar-refractivity contribution in [3.63, 3.8) is 0 Å². The van der Waals surface area contributed by atoms with Gasteiger partial charge in [0.25, 0.3) is 5.91 Å². The zero-order valence-corrected chi connectivity index (χ0v) is 15.0. The number of benzene rings is 1. The Morgan fingerprint density at radius 2 is 1.81 bits per heavy atom. The average molecular weight is 364 g/mol. The van der Waals surface area contributed by atoms with Crippen molar-refractivity contribution < 1.29 is 9.32 Å². The number of amides is 1. The number of anilines is 4. The molecule has 0 saturated carbocycles. The van der Waals surface area contributed by atoms with Crippen LogP contribution in [0.2, 0.25) is 0 Å². The van der Waals surface area contributed by atoms with E-state index in [1.165, 1.54) is 25.1 Å². The van der Waals surface area contributed by atoms with Crippen molar-refractivity contribution >= 4 is 29.0 Å². The van der Waals surface area contributed by atoms with Crippen LogP contribution in [0.3, 0.4) is 0 Å². The van der Waals surface area contributed by atoms with Gasteiger partial charge in [-0.2, -0.15) is 4.98 Å². The highest BCUT2D eigenvalue weighted by molar-refractivity contribution is 6.02. The Bertz CT molecular complexity index is 918. The van der Waals surface area contributed by atoms with Crippen molar-refractivity contribution in [2.75, 3.05) is 28.6 Å². The molecule has 27 heavy (non-hydrogen) atoms. The molecule has 0 unspecified atom stereocenters. The topological polar surface area (TPSA) is 96.2 Å². The van der Waals surface area contributed by atoms with Crippen LogP contribution in [0.1, 0.15) is 29.1 Å². The fourth-order valence-electron chi connectivity index (χ4n) is 2.99. The molecule has 0 bridgehead atoms. The number of carbonyl (C=O) groups is 1. The largest absolute Gasteiger partial charge is 0.351 e. The molecule has 0 radical (unpaired) electrons. The minimum Gasteiger partial charge on any atom is -0.351 e. The average Bonchev–Trinajstić information content (AvgIpc) is 3.37. The summed E-state index contributed by atoms with van der Waals surface area (Å²) in [7, 11) is 0. The van der Waals surface area contributed by atoms with E-state index in [2.05, 4.69) is 30.7 Å². The quantitative estimate of drug-likeness (QED) is 0.716. The normalized spacial score (nSPS) is 13.6. The Morgan fingerprint density at radius 1 is 1.07 bits per heavy atom. The van der Waals surface area contributed by atoms with Gasteiger partial charge in [0.1, 0.15) is 5.82 Å². The summed E-state index contributed by atoms with van der Waals surface area (Å²) in [6.45, 7) is 3.97. The molecule has 3 aromatic rings. The number of rotatable bonds is 5. The molecule has 0 atom stereocenters. The minimum absolute atomic E-state index is 0.170. The number of aromatic nitrogens is 3. The summed E-state index contributed by atoms with van der Waals surface area (Å²) in [6, 6.07) is 10.8. The van der Waals surface area contributed by atoms with E-state index >= 15 is 0 Å². The highest BCUT2D eigenvalue weighted by Gasteiger charge is 2.16. The molecule has 1 amide bonds. The molecule has 8 nitrogen and oxygen atoms in total. The molecule has 1 aromatic carbocycles.